The molecule has 18 heavy (non-hydrogen) atoms. The first-order valence-corrected chi connectivity index (χ1v) is 6.00. The molecule has 4 nitrogen and oxygen atoms in total. The largest absolute Gasteiger partial charge is 0.448 e. The summed E-state index contributed by atoms with van der Waals surface area (Å²) in [5.41, 5.74) is 3.36. The normalized spacial score (nSPS) is 10.9. The van der Waals surface area contributed by atoms with Crippen LogP contribution in [0.25, 0.3) is 6.08 Å². The van der Waals surface area contributed by atoms with Gasteiger partial charge in [0.05, 0.1) is 6.61 Å². The molecule has 0 saturated carbocycles. The molecule has 0 unspecified atom stereocenters. The van der Waals surface area contributed by atoms with Gasteiger partial charge in [0.25, 0.3) is 0 Å². The van der Waals surface area contributed by atoms with Crippen LogP contribution in [0.15, 0.2) is 41.5 Å². The van der Waals surface area contributed by atoms with Gasteiger partial charge in [-0.1, -0.05) is 49.8 Å². The first-order chi connectivity index (χ1) is 8.83. The fourth-order valence-electron chi connectivity index (χ4n) is 1.19. The molecule has 1 aromatic rings. The first kappa shape index (κ1) is 14.0. The van der Waals surface area contributed by atoms with E-state index in [1.165, 1.54) is 6.21 Å². The second kappa shape index (κ2) is 8.98. The Kier molecular flexibility index (Phi) is 6.97. The minimum Gasteiger partial charge on any atom is -0.448 e. The van der Waals surface area contributed by atoms with Gasteiger partial charge in [0.15, 0.2) is 0 Å². The number of carbonyl (C=O) groups is 1. The van der Waals surface area contributed by atoms with E-state index in [1.54, 1.807) is 6.08 Å². The molecular weight excluding hydrogens is 228 g/mol. The summed E-state index contributed by atoms with van der Waals surface area (Å²) in [7, 11) is 0. The highest BCUT2D eigenvalue weighted by atomic mass is 16.5. The first-order valence-electron chi connectivity index (χ1n) is 6.00. The van der Waals surface area contributed by atoms with Crippen molar-refractivity contribution in [3.8, 4) is 0 Å². The molecule has 0 aromatic heterocycles. The van der Waals surface area contributed by atoms with E-state index in [4.69, 9.17) is 4.74 Å². The number of hydrogen-bond donors (Lipinski definition) is 1. The number of hydrazone groups is 1. The zero-order chi connectivity index (χ0) is 13.1. The number of amides is 1. The summed E-state index contributed by atoms with van der Waals surface area (Å²) >= 11 is 0. The zero-order valence-electron chi connectivity index (χ0n) is 10.5. The molecule has 4 heteroatoms. The molecule has 0 radical (unpaired) electrons. The molecule has 0 fully saturated rings. The summed E-state index contributed by atoms with van der Waals surface area (Å²) in [6, 6.07) is 9.84. The minimum atomic E-state index is -0.521. The van der Waals surface area contributed by atoms with Crippen molar-refractivity contribution in [3.05, 3.63) is 42.0 Å². The highest BCUT2D eigenvalue weighted by molar-refractivity contribution is 5.79. The molecule has 0 aliphatic rings. The molecule has 0 aliphatic heterocycles. The van der Waals surface area contributed by atoms with Crippen LogP contribution in [0.3, 0.4) is 0 Å². The van der Waals surface area contributed by atoms with Crippen molar-refractivity contribution in [1.82, 2.24) is 5.43 Å². The average Bonchev–Trinajstić information content (AvgIpc) is 2.40. The van der Waals surface area contributed by atoms with E-state index in [1.807, 2.05) is 43.3 Å². The van der Waals surface area contributed by atoms with Crippen LogP contribution in [-0.2, 0) is 4.74 Å². The molecule has 1 aromatic carbocycles. The van der Waals surface area contributed by atoms with Gasteiger partial charge in [-0.15, -0.1) is 0 Å². The van der Waals surface area contributed by atoms with Crippen molar-refractivity contribution in [2.75, 3.05) is 6.61 Å². The van der Waals surface area contributed by atoms with Gasteiger partial charge in [-0.2, -0.15) is 5.10 Å². The fourth-order valence-corrected chi connectivity index (χ4v) is 1.19. The monoisotopic (exact) mass is 246 g/mol. The van der Waals surface area contributed by atoms with Gasteiger partial charge in [0.2, 0.25) is 0 Å². The number of nitrogens with zero attached hydrogens (tertiary/aromatic N) is 1. The fraction of sp³-hybridized carbons (Fsp3) is 0.286. The lowest BCUT2D eigenvalue weighted by Crippen LogP contribution is -2.19. The van der Waals surface area contributed by atoms with E-state index in [0.717, 1.165) is 18.4 Å². The van der Waals surface area contributed by atoms with Crippen molar-refractivity contribution < 1.29 is 9.53 Å². The second-order valence-corrected chi connectivity index (χ2v) is 3.65. The Labute approximate surface area is 107 Å². The van der Waals surface area contributed by atoms with Crippen LogP contribution >= 0.6 is 0 Å². The number of allylic oxidation sites excluding steroid dienone is 1. The molecule has 96 valence electrons. The molecule has 0 atom stereocenters. The number of ether oxygens (including phenoxy) is 1. The maximum atomic E-state index is 11.1. The summed E-state index contributed by atoms with van der Waals surface area (Å²) in [6.45, 7) is 2.46. The molecule has 0 bridgehead atoms. The number of carbonyl (C=O) groups excluding carboxylic acids is 1. The average molecular weight is 246 g/mol. The lowest BCUT2D eigenvalue weighted by atomic mass is 10.2. The van der Waals surface area contributed by atoms with E-state index < -0.39 is 6.09 Å². The van der Waals surface area contributed by atoms with Gasteiger partial charge >= 0.3 is 6.09 Å². The van der Waals surface area contributed by atoms with Crippen LogP contribution in [0.2, 0.25) is 0 Å². The van der Waals surface area contributed by atoms with Crippen LogP contribution in [0, 0.1) is 0 Å². The van der Waals surface area contributed by atoms with Crippen molar-refractivity contribution in [2.24, 2.45) is 5.10 Å². The number of nitrogens with one attached hydrogen (secondary N) is 1. The van der Waals surface area contributed by atoms with Gasteiger partial charge in [-0.25, -0.2) is 10.2 Å². The summed E-state index contributed by atoms with van der Waals surface area (Å²) in [5.74, 6) is 0. The predicted molar refractivity (Wildman–Crippen MR) is 73.4 cm³/mol. The topological polar surface area (TPSA) is 50.7 Å². The maximum absolute atomic E-state index is 11.1. The third kappa shape index (κ3) is 6.48. The highest BCUT2D eigenvalue weighted by Gasteiger charge is 1.96. The molecular formula is C14H18N2O2. The summed E-state index contributed by atoms with van der Waals surface area (Å²) in [5, 5.41) is 3.73. The van der Waals surface area contributed by atoms with Crippen LogP contribution < -0.4 is 5.43 Å². The number of hydrogen-bond acceptors (Lipinski definition) is 3. The Hall–Kier alpha value is -2.10. The smallest absolute Gasteiger partial charge is 0.427 e. The highest BCUT2D eigenvalue weighted by Crippen LogP contribution is 1.99. The maximum Gasteiger partial charge on any atom is 0.427 e. The standard InChI is InChI=1S/C14H18N2O2/c1-2-3-12-18-14(17)16-15-11-7-10-13-8-5-4-6-9-13/h4-11H,2-3,12H2,1H3,(H,16,17). The molecule has 0 aliphatic carbocycles. The Bertz CT molecular complexity index is 400. The van der Waals surface area contributed by atoms with Gasteiger partial charge in [-0.3, -0.25) is 0 Å². The van der Waals surface area contributed by atoms with Gasteiger partial charge in [0.1, 0.15) is 0 Å². The van der Waals surface area contributed by atoms with Crippen LogP contribution in [0.1, 0.15) is 25.3 Å². The molecule has 1 N–H and O–H groups in total. The van der Waals surface area contributed by atoms with Gasteiger partial charge < -0.3 is 4.74 Å². The third-order valence-electron chi connectivity index (χ3n) is 2.14. The quantitative estimate of drug-likeness (QED) is 0.476. The van der Waals surface area contributed by atoms with Gasteiger partial charge in [-0.05, 0) is 18.1 Å². The van der Waals surface area contributed by atoms with Crippen LogP contribution in [0.5, 0.6) is 0 Å². The Morgan fingerprint density at radius 3 is 2.89 bits per heavy atom. The summed E-state index contributed by atoms with van der Waals surface area (Å²) in [4.78, 5) is 11.1. The number of benzene rings is 1. The molecule has 0 spiro atoms. The molecule has 0 heterocycles. The molecule has 1 amide bonds. The van der Waals surface area contributed by atoms with Crippen molar-refractivity contribution in [3.63, 3.8) is 0 Å². The Balaban J connectivity index is 2.21. The van der Waals surface area contributed by atoms with Crippen LogP contribution in [-0.4, -0.2) is 18.9 Å². The molecule has 1 rings (SSSR count). The molecule has 0 saturated heterocycles. The zero-order valence-corrected chi connectivity index (χ0v) is 10.5. The summed E-state index contributed by atoms with van der Waals surface area (Å²) < 4.78 is 4.86. The summed E-state index contributed by atoms with van der Waals surface area (Å²) in [6.07, 6.45) is 6.50. The minimum absolute atomic E-state index is 0.428. The lowest BCUT2D eigenvalue weighted by Gasteiger charge is -2.00. The number of unbranched alkanes of at least 4 members (excludes halogenated alkanes) is 1. The van der Waals surface area contributed by atoms with E-state index in [2.05, 4.69) is 10.5 Å². The lowest BCUT2D eigenvalue weighted by molar-refractivity contribution is 0.145. The van der Waals surface area contributed by atoms with Crippen molar-refractivity contribution >= 4 is 18.4 Å². The third-order valence-corrected chi connectivity index (χ3v) is 2.14. The second-order valence-electron chi connectivity index (χ2n) is 3.65. The van der Waals surface area contributed by atoms with E-state index >= 15 is 0 Å². The van der Waals surface area contributed by atoms with E-state index in [-0.39, 0.29) is 0 Å². The van der Waals surface area contributed by atoms with Crippen molar-refractivity contribution in [2.45, 2.75) is 19.8 Å². The predicted octanol–water partition coefficient (Wildman–Crippen LogP) is 3.21. The van der Waals surface area contributed by atoms with Crippen LogP contribution in [0.4, 0.5) is 4.79 Å². The number of rotatable bonds is 6. The van der Waals surface area contributed by atoms with Gasteiger partial charge in [0, 0.05) is 6.21 Å². The Morgan fingerprint density at radius 2 is 2.17 bits per heavy atom. The van der Waals surface area contributed by atoms with E-state index in [9.17, 15) is 4.79 Å². The van der Waals surface area contributed by atoms with Crippen molar-refractivity contribution in [1.29, 1.82) is 0 Å². The van der Waals surface area contributed by atoms with E-state index in [0.29, 0.717) is 6.61 Å². The SMILES string of the molecule is CCCCOC(=O)NN=CC=Cc1ccccc1. The Morgan fingerprint density at radius 1 is 1.39 bits per heavy atom.